The van der Waals surface area contributed by atoms with Crippen LogP contribution in [0.4, 0.5) is 5.69 Å². The van der Waals surface area contributed by atoms with Gasteiger partial charge in [-0.2, -0.15) is 4.73 Å². The highest BCUT2D eigenvalue weighted by Crippen LogP contribution is 2.35. The molecule has 0 N–H and O–H groups in total. The van der Waals surface area contributed by atoms with Crippen LogP contribution in [-0.2, 0) is 0 Å². The molecule has 0 spiro atoms. The predicted molar refractivity (Wildman–Crippen MR) is 70.1 cm³/mol. The molecule has 0 aliphatic rings. The summed E-state index contributed by atoms with van der Waals surface area (Å²) >= 11 is 5.75. The van der Waals surface area contributed by atoms with Crippen molar-refractivity contribution in [3.63, 3.8) is 0 Å². The van der Waals surface area contributed by atoms with Gasteiger partial charge in [0, 0.05) is 0 Å². The Labute approximate surface area is 118 Å². The first-order valence-corrected chi connectivity index (χ1v) is 5.78. The summed E-state index contributed by atoms with van der Waals surface area (Å²) < 4.78 is 10.6. The highest BCUT2D eigenvalue weighted by molar-refractivity contribution is 6.30. The fourth-order valence-corrected chi connectivity index (χ4v) is 1.68. The van der Waals surface area contributed by atoms with Gasteiger partial charge in [0.15, 0.2) is 6.20 Å². The van der Waals surface area contributed by atoms with E-state index in [4.69, 9.17) is 21.1 Å². The molecule has 0 unspecified atom stereocenters. The van der Waals surface area contributed by atoms with Gasteiger partial charge >= 0.3 is 10.8 Å². The third-order valence-corrected chi connectivity index (χ3v) is 2.80. The van der Waals surface area contributed by atoms with E-state index < -0.39 is 15.8 Å². The Morgan fingerprint density at radius 1 is 1.20 bits per heavy atom. The van der Waals surface area contributed by atoms with Crippen molar-refractivity contribution in [1.29, 1.82) is 0 Å². The van der Waals surface area contributed by atoms with E-state index in [9.17, 15) is 15.3 Å². The number of aromatic nitrogens is 1. The molecule has 0 aliphatic carbocycles. The molecule has 0 radical (unpaired) electrons. The maximum Gasteiger partial charge on any atom is 0.336 e. The first kappa shape index (κ1) is 13.9. The molecule has 0 amide bonds. The average molecular weight is 297 g/mol. The minimum absolute atomic E-state index is 0.285. The van der Waals surface area contributed by atoms with Crippen LogP contribution in [0.25, 0.3) is 0 Å². The van der Waals surface area contributed by atoms with Gasteiger partial charge < -0.3 is 14.7 Å². The Balaban J connectivity index is 2.40. The van der Waals surface area contributed by atoms with Crippen molar-refractivity contribution in [2.75, 3.05) is 7.11 Å². The molecular formula is C12H9ClN2O5. The molecule has 0 atom stereocenters. The van der Waals surface area contributed by atoms with Crippen LogP contribution in [0.5, 0.6) is 17.2 Å². The maximum absolute atomic E-state index is 11.4. The average Bonchev–Trinajstić information content (AvgIpc) is 2.44. The minimum atomic E-state index is -0.676. The van der Waals surface area contributed by atoms with Gasteiger partial charge in [0.05, 0.1) is 18.1 Å². The molecule has 2 aromatic rings. The summed E-state index contributed by atoms with van der Waals surface area (Å²) in [6, 6.07) is 7.34. The predicted octanol–water partition coefficient (Wildman–Crippen LogP) is 2.68. The van der Waals surface area contributed by atoms with Gasteiger partial charge in [0.1, 0.15) is 11.5 Å². The van der Waals surface area contributed by atoms with E-state index in [-0.39, 0.29) is 10.5 Å². The largest absolute Gasteiger partial charge is 0.618 e. The molecule has 1 aromatic heterocycles. The van der Waals surface area contributed by atoms with Crippen LogP contribution in [0, 0.1) is 15.3 Å². The molecule has 8 heteroatoms. The van der Waals surface area contributed by atoms with Gasteiger partial charge in [-0.1, -0.05) is 0 Å². The van der Waals surface area contributed by atoms with Crippen molar-refractivity contribution in [2.45, 2.75) is 0 Å². The van der Waals surface area contributed by atoms with Gasteiger partial charge in [0.2, 0.25) is 0 Å². The van der Waals surface area contributed by atoms with E-state index in [2.05, 4.69) is 0 Å². The number of hydrogen-bond donors (Lipinski definition) is 0. The number of nitro groups is 1. The van der Waals surface area contributed by atoms with E-state index in [1.54, 1.807) is 24.3 Å². The summed E-state index contributed by atoms with van der Waals surface area (Å²) in [5.41, 5.74) is -0.391. The molecule has 0 saturated carbocycles. The van der Waals surface area contributed by atoms with E-state index in [0.717, 1.165) is 12.3 Å². The Morgan fingerprint density at radius 2 is 1.80 bits per heavy atom. The zero-order chi connectivity index (χ0) is 14.7. The number of rotatable bonds is 4. The lowest BCUT2D eigenvalue weighted by Gasteiger charge is -2.08. The van der Waals surface area contributed by atoms with Crippen LogP contribution in [0.15, 0.2) is 36.5 Å². The second-order valence-corrected chi connectivity index (χ2v) is 4.04. The molecule has 104 valence electrons. The molecule has 7 nitrogen and oxygen atoms in total. The third-order valence-electron chi connectivity index (χ3n) is 2.46. The lowest BCUT2D eigenvalue weighted by molar-refractivity contribution is -0.604. The van der Waals surface area contributed by atoms with E-state index in [1.165, 1.54) is 7.11 Å². The maximum atomic E-state index is 11.4. The number of nitrogens with zero attached hydrogens (tertiary/aromatic N) is 2. The quantitative estimate of drug-likeness (QED) is 0.284. The summed E-state index contributed by atoms with van der Waals surface area (Å²) in [6.07, 6.45) is 0.946. The van der Waals surface area contributed by atoms with Gasteiger partial charge in [-0.3, -0.25) is 10.1 Å². The molecule has 20 heavy (non-hydrogen) atoms. The molecule has 1 aromatic carbocycles. The summed E-state index contributed by atoms with van der Waals surface area (Å²) in [5, 5.41) is 21.9. The van der Waals surface area contributed by atoms with Crippen LogP contribution in [0.3, 0.4) is 0 Å². The molecule has 0 bridgehead atoms. The van der Waals surface area contributed by atoms with E-state index in [1.807, 2.05) is 0 Å². The molecule has 0 saturated heterocycles. The molecule has 0 fully saturated rings. The van der Waals surface area contributed by atoms with Crippen molar-refractivity contribution < 1.29 is 19.1 Å². The third kappa shape index (κ3) is 2.72. The second kappa shape index (κ2) is 5.62. The molecular weight excluding hydrogens is 288 g/mol. The number of benzene rings is 1. The Kier molecular flexibility index (Phi) is 3.90. The summed E-state index contributed by atoms with van der Waals surface area (Å²) in [7, 11) is 1.51. The summed E-state index contributed by atoms with van der Waals surface area (Å²) in [4.78, 5) is 10.2. The van der Waals surface area contributed by atoms with Crippen molar-refractivity contribution >= 4 is 17.3 Å². The zero-order valence-corrected chi connectivity index (χ0v) is 11.0. The number of hydrogen-bond acceptors (Lipinski definition) is 5. The number of ether oxygens (including phenoxy) is 2. The first-order valence-electron chi connectivity index (χ1n) is 5.41. The van der Waals surface area contributed by atoms with Gasteiger partial charge in [-0.25, -0.2) is 0 Å². The molecule has 2 rings (SSSR count). The van der Waals surface area contributed by atoms with Crippen molar-refractivity contribution in [1.82, 2.24) is 0 Å². The van der Waals surface area contributed by atoms with Gasteiger partial charge in [0.25, 0.3) is 5.75 Å². The van der Waals surface area contributed by atoms with Crippen molar-refractivity contribution in [2.24, 2.45) is 0 Å². The van der Waals surface area contributed by atoms with Crippen LogP contribution in [-0.4, -0.2) is 12.0 Å². The Hall–Kier alpha value is -2.54. The van der Waals surface area contributed by atoms with Crippen molar-refractivity contribution in [3.05, 3.63) is 57.0 Å². The lowest BCUT2D eigenvalue weighted by Crippen LogP contribution is -2.27. The fraction of sp³-hybridized carbons (Fsp3) is 0.0833. The Bertz CT molecular complexity index is 645. The molecule has 1 heterocycles. The SMILES string of the molecule is COc1ccc(Oc2c([N+](=O)[O-])cc[n+]([O-])c2Cl)cc1. The molecule has 0 aliphatic heterocycles. The van der Waals surface area contributed by atoms with E-state index >= 15 is 0 Å². The topological polar surface area (TPSA) is 88.5 Å². The fourth-order valence-electron chi connectivity index (χ4n) is 1.48. The zero-order valence-electron chi connectivity index (χ0n) is 10.3. The van der Waals surface area contributed by atoms with Crippen LogP contribution in [0.1, 0.15) is 0 Å². The summed E-state index contributed by atoms with van der Waals surface area (Å²) in [6.45, 7) is 0. The first-order chi connectivity index (χ1) is 9.52. The monoisotopic (exact) mass is 296 g/mol. The smallest absolute Gasteiger partial charge is 0.336 e. The number of pyridine rings is 1. The number of halogens is 1. The minimum Gasteiger partial charge on any atom is -0.618 e. The van der Waals surface area contributed by atoms with Crippen LogP contribution >= 0.6 is 11.6 Å². The highest BCUT2D eigenvalue weighted by atomic mass is 35.5. The second-order valence-electron chi connectivity index (χ2n) is 3.68. The van der Waals surface area contributed by atoms with Gasteiger partial charge in [-0.05, 0) is 35.9 Å². The Morgan fingerprint density at radius 3 is 2.35 bits per heavy atom. The normalized spacial score (nSPS) is 10.1. The van der Waals surface area contributed by atoms with Crippen LogP contribution < -0.4 is 14.2 Å². The summed E-state index contributed by atoms with van der Waals surface area (Å²) in [5.74, 6) is 0.589. The number of methoxy groups -OCH3 is 1. The highest BCUT2D eigenvalue weighted by Gasteiger charge is 2.26. The standard InChI is InChI=1S/C12H9ClN2O5/c1-19-8-2-4-9(5-3-8)20-11-10(15(17)18)6-7-14(16)12(11)13/h2-7H,1H3. The van der Waals surface area contributed by atoms with Gasteiger partial charge in [-0.15, -0.1) is 0 Å². The lowest BCUT2D eigenvalue weighted by atomic mass is 10.3. The van der Waals surface area contributed by atoms with Crippen molar-refractivity contribution in [3.8, 4) is 17.2 Å². The van der Waals surface area contributed by atoms with E-state index in [0.29, 0.717) is 11.5 Å². The van der Waals surface area contributed by atoms with Crippen LogP contribution in [0.2, 0.25) is 5.15 Å².